The highest BCUT2D eigenvalue weighted by molar-refractivity contribution is 6.27. The normalized spacial score (nSPS) is 16.5. The SMILES string of the molecule is CC(NCc1ccc2c(c1)OCO2)C(=O)NC1CCCCC1.O=C(O)C(=O)O. The van der Waals surface area contributed by atoms with Crippen LogP contribution >= 0.6 is 0 Å². The van der Waals surface area contributed by atoms with Crippen LogP contribution in [0.2, 0.25) is 0 Å². The van der Waals surface area contributed by atoms with Gasteiger partial charge in [0.15, 0.2) is 11.5 Å². The first kappa shape index (κ1) is 21.5. The summed E-state index contributed by atoms with van der Waals surface area (Å²) in [6.07, 6.45) is 5.97. The van der Waals surface area contributed by atoms with E-state index in [9.17, 15) is 4.79 Å². The summed E-state index contributed by atoms with van der Waals surface area (Å²) in [6.45, 7) is 2.83. The van der Waals surface area contributed by atoms with Crippen molar-refractivity contribution in [3.05, 3.63) is 23.8 Å². The number of carboxylic acids is 2. The Balaban J connectivity index is 0.000000409. The van der Waals surface area contributed by atoms with Crippen LogP contribution in [0, 0.1) is 0 Å². The van der Waals surface area contributed by atoms with E-state index in [0.29, 0.717) is 12.6 Å². The van der Waals surface area contributed by atoms with Crippen molar-refractivity contribution in [1.29, 1.82) is 0 Å². The van der Waals surface area contributed by atoms with Crippen molar-refractivity contribution in [3.8, 4) is 11.5 Å². The van der Waals surface area contributed by atoms with Gasteiger partial charge in [0.25, 0.3) is 0 Å². The van der Waals surface area contributed by atoms with E-state index in [-0.39, 0.29) is 18.7 Å². The van der Waals surface area contributed by atoms with Crippen LogP contribution in [0.5, 0.6) is 11.5 Å². The number of nitrogens with one attached hydrogen (secondary N) is 2. The lowest BCUT2D eigenvalue weighted by molar-refractivity contribution is -0.159. The maximum absolute atomic E-state index is 12.2. The highest BCUT2D eigenvalue weighted by Crippen LogP contribution is 2.32. The van der Waals surface area contributed by atoms with Crippen LogP contribution in [-0.4, -0.2) is 46.9 Å². The smallest absolute Gasteiger partial charge is 0.414 e. The second kappa shape index (κ2) is 10.5. The van der Waals surface area contributed by atoms with Gasteiger partial charge in [-0.2, -0.15) is 0 Å². The number of carbonyl (C=O) groups excluding carboxylic acids is 1. The molecule has 0 radical (unpaired) electrons. The lowest BCUT2D eigenvalue weighted by Crippen LogP contribution is -2.46. The molecule has 0 aromatic heterocycles. The zero-order valence-corrected chi connectivity index (χ0v) is 15.8. The minimum absolute atomic E-state index is 0.0904. The van der Waals surface area contributed by atoms with E-state index in [1.54, 1.807) is 0 Å². The molecule has 9 heteroatoms. The Bertz CT molecular complexity index is 690. The van der Waals surface area contributed by atoms with Crippen LogP contribution in [0.15, 0.2) is 18.2 Å². The van der Waals surface area contributed by atoms with Gasteiger partial charge in [0, 0.05) is 12.6 Å². The summed E-state index contributed by atoms with van der Waals surface area (Å²) in [6, 6.07) is 6.02. The van der Waals surface area contributed by atoms with Gasteiger partial charge >= 0.3 is 11.9 Å². The van der Waals surface area contributed by atoms with Gasteiger partial charge < -0.3 is 30.3 Å². The van der Waals surface area contributed by atoms with Crippen molar-refractivity contribution in [2.75, 3.05) is 6.79 Å². The molecule has 0 saturated heterocycles. The molecule has 1 aliphatic heterocycles. The predicted octanol–water partition coefficient (Wildman–Crippen LogP) is 1.50. The highest BCUT2D eigenvalue weighted by Gasteiger charge is 2.19. The van der Waals surface area contributed by atoms with Crippen LogP contribution in [0.25, 0.3) is 0 Å². The van der Waals surface area contributed by atoms with Crippen LogP contribution in [-0.2, 0) is 20.9 Å². The van der Waals surface area contributed by atoms with Crippen molar-refractivity contribution in [2.45, 2.75) is 57.7 Å². The first-order chi connectivity index (χ1) is 13.4. The summed E-state index contributed by atoms with van der Waals surface area (Å²) in [5, 5.41) is 21.2. The number of aliphatic carboxylic acids is 2. The molecule has 1 heterocycles. The molecule has 1 atom stereocenters. The molecule has 2 aliphatic rings. The molecular weight excluding hydrogens is 368 g/mol. The molecule has 1 aliphatic carbocycles. The Morgan fingerprint density at radius 2 is 1.71 bits per heavy atom. The lowest BCUT2D eigenvalue weighted by atomic mass is 9.95. The van der Waals surface area contributed by atoms with Gasteiger partial charge in [0.1, 0.15) is 0 Å². The molecule has 1 fully saturated rings. The molecular formula is C19H26N2O7. The molecule has 0 spiro atoms. The Hall–Kier alpha value is -2.81. The third-order valence-corrected chi connectivity index (χ3v) is 4.58. The van der Waals surface area contributed by atoms with E-state index < -0.39 is 11.9 Å². The fraction of sp³-hybridized carbons (Fsp3) is 0.526. The average Bonchev–Trinajstić information content (AvgIpc) is 3.15. The summed E-state index contributed by atoms with van der Waals surface area (Å²) < 4.78 is 10.7. The van der Waals surface area contributed by atoms with Crippen LogP contribution < -0.4 is 20.1 Å². The zero-order chi connectivity index (χ0) is 20.5. The first-order valence-electron chi connectivity index (χ1n) is 9.25. The van der Waals surface area contributed by atoms with E-state index in [4.69, 9.17) is 29.3 Å². The number of amides is 1. The summed E-state index contributed by atoms with van der Waals surface area (Å²) in [5.41, 5.74) is 1.08. The third kappa shape index (κ3) is 6.73. The highest BCUT2D eigenvalue weighted by atomic mass is 16.7. The second-order valence-electron chi connectivity index (χ2n) is 6.74. The summed E-state index contributed by atoms with van der Waals surface area (Å²) in [7, 11) is 0. The molecule has 1 amide bonds. The number of carbonyl (C=O) groups is 3. The second-order valence-corrected chi connectivity index (χ2v) is 6.74. The molecule has 0 bridgehead atoms. The standard InChI is InChI=1S/C17H24N2O3.C2H2O4/c1-12(17(20)19-14-5-3-2-4-6-14)18-10-13-7-8-15-16(9-13)22-11-21-15;3-1(4)2(5)6/h7-9,12,14,18H,2-6,10-11H2,1H3,(H,19,20);(H,3,4)(H,5,6). The van der Waals surface area contributed by atoms with Gasteiger partial charge in [0.2, 0.25) is 12.7 Å². The van der Waals surface area contributed by atoms with Crippen LogP contribution in [0.3, 0.4) is 0 Å². The Kier molecular flexibility index (Phi) is 8.06. The maximum Gasteiger partial charge on any atom is 0.414 e. The number of hydrogen-bond donors (Lipinski definition) is 4. The number of fused-ring (bicyclic) bond motifs is 1. The summed E-state index contributed by atoms with van der Waals surface area (Å²) >= 11 is 0. The molecule has 1 aromatic carbocycles. The summed E-state index contributed by atoms with van der Waals surface area (Å²) in [5.74, 6) is -2.00. The Morgan fingerprint density at radius 1 is 1.07 bits per heavy atom. The Morgan fingerprint density at radius 3 is 2.36 bits per heavy atom. The third-order valence-electron chi connectivity index (χ3n) is 4.58. The summed E-state index contributed by atoms with van der Waals surface area (Å²) in [4.78, 5) is 30.4. The van der Waals surface area contributed by atoms with Crippen molar-refractivity contribution in [1.82, 2.24) is 10.6 Å². The van der Waals surface area contributed by atoms with Crippen molar-refractivity contribution in [3.63, 3.8) is 0 Å². The van der Waals surface area contributed by atoms with Gasteiger partial charge in [-0.3, -0.25) is 4.79 Å². The minimum Gasteiger partial charge on any atom is -0.473 e. The fourth-order valence-corrected chi connectivity index (χ4v) is 2.99. The zero-order valence-electron chi connectivity index (χ0n) is 15.8. The van der Waals surface area contributed by atoms with Gasteiger partial charge in [-0.05, 0) is 37.5 Å². The molecule has 1 saturated carbocycles. The maximum atomic E-state index is 12.2. The van der Waals surface area contributed by atoms with Crippen LogP contribution in [0.1, 0.15) is 44.6 Å². The van der Waals surface area contributed by atoms with Gasteiger partial charge in [-0.1, -0.05) is 25.3 Å². The predicted molar refractivity (Wildman–Crippen MR) is 99.2 cm³/mol. The molecule has 9 nitrogen and oxygen atoms in total. The number of hydrogen-bond acceptors (Lipinski definition) is 6. The topological polar surface area (TPSA) is 134 Å². The molecule has 28 heavy (non-hydrogen) atoms. The van der Waals surface area contributed by atoms with Crippen molar-refractivity contribution < 1.29 is 34.1 Å². The van der Waals surface area contributed by atoms with E-state index >= 15 is 0 Å². The van der Waals surface area contributed by atoms with E-state index in [2.05, 4.69) is 10.6 Å². The van der Waals surface area contributed by atoms with E-state index in [0.717, 1.165) is 29.9 Å². The number of benzene rings is 1. The number of rotatable bonds is 5. The molecule has 3 rings (SSSR count). The fourth-order valence-electron chi connectivity index (χ4n) is 2.99. The van der Waals surface area contributed by atoms with Crippen LogP contribution in [0.4, 0.5) is 0 Å². The number of carboxylic acid groups (broad SMARTS) is 2. The van der Waals surface area contributed by atoms with Gasteiger partial charge in [0.05, 0.1) is 6.04 Å². The molecule has 1 aromatic rings. The van der Waals surface area contributed by atoms with E-state index in [1.807, 2.05) is 25.1 Å². The lowest BCUT2D eigenvalue weighted by Gasteiger charge is -2.24. The first-order valence-corrected chi connectivity index (χ1v) is 9.25. The average molecular weight is 394 g/mol. The van der Waals surface area contributed by atoms with Crippen molar-refractivity contribution in [2.24, 2.45) is 0 Å². The molecule has 1 unspecified atom stereocenters. The van der Waals surface area contributed by atoms with Gasteiger partial charge in [-0.15, -0.1) is 0 Å². The number of ether oxygens (including phenoxy) is 2. The van der Waals surface area contributed by atoms with E-state index in [1.165, 1.54) is 19.3 Å². The van der Waals surface area contributed by atoms with Gasteiger partial charge in [-0.25, -0.2) is 9.59 Å². The largest absolute Gasteiger partial charge is 0.473 e. The Labute approximate surface area is 163 Å². The van der Waals surface area contributed by atoms with Crippen molar-refractivity contribution >= 4 is 17.8 Å². The molecule has 154 valence electrons. The minimum atomic E-state index is -1.82. The molecule has 4 N–H and O–H groups in total. The monoisotopic (exact) mass is 394 g/mol. The quantitative estimate of drug-likeness (QED) is 0.552.